The van der Waals surface area contributed by atoms with E-state index in [0.29, 0.717) is 24.7 Å². The summed E-state index contributed by atoms with van der Waals surface area (Å²) in [7, 11) is 0. The molecule has 110 valence electrons. The Morgan fingerprint density at radius 3 is 2.70 bits per heavy atom. The summed E-state index contributed by atoms with van der Waals surface area (Å²) < 4.78 is 17.8. The third-order valence-corrected chi connectivity index (χ3v) is 2.23. The zero-order chi connectivity index (χ0) is 14.8. The molecule has 0 saturated carbocycles. The fourth-order valence-electron chi connectivity index (χ4n) is 1.38. The summed E-state index contributed by atoms with van der Waals surface area (Å²) in [5, 5.41) is 7.96. The molecule has 0 aromatic carbocycles. The largest absolute Gasteiger partial charge is 0.472 e. The second-order valence-corrected chi connectivity index (χ2v) is 3.76. The summed E-state index contributed by atoms with van der Waals surface area (Å²) in [5.41, 5.74) is 0.615. The Morgan fingerprint density at radius 1 is 1.40 bits per heavy atom. The highest BCUT2D eigenvalue weighted by molar-refractivity contribution is 5.12. The minimum Gasteiger partial charge on any atom is -0.472 e. The molecule has 0 N–H and O–H groups in total. The number of aromatic nitrogens is 3. The Hall–Kier alpha value is -1.92. The Labute approximate surface area is 119 Å². The quantitative estimate of drug-likeness (QED) is 0.374. The number of hydrogen-bond acceptors (Lipinski definition) is 5. The maximum absolute atomic E-state index is 5.44. The molecule has 0 spiro atoms. The van der Waals surface area contributed by atoms with Gasteiger partial charge in [0.15, 0.2) is 6.73 Å². The van der Waals surface area contributed by atoms with Gasteiger partial charge in [0.25, 0.3) is 0 Å². The Kier molecular flexibility index (Phi) is 7.31. The summed E-state index contributed by atoms with van der Waals surface area (Å²) in [5.74, 6) is 0.521. The smallest absolute Gasteiger partial charge is 0.204 e. The number of rotatable bonds is 10. The lowest BCUT2D eigenvalue weighted by molar-refractivity contribution is -0.142. The van der Waals surface area contributed by atoms with E-state index in [0.717, 1.165) is 0 Å². The minimum absolute atomic E-state index is 0.221. The van der Waals surface area contributed by atoms with E-state index in [4.69, 9.17) is 14.2 Å². The number of nitrogens with zero attached hydrogens (tertiary/aromatic N) is 3. The van der Waals surface area contributed by atoms with Gasteiger partial charge in [0, 0.05) is 13.2 Å². The van der Waals surface area contributed by atoms with Gasteiger partial charge in [0.05, 0.1) is 6.20 Å². The second-order valence-electron chi connectivity index (χ2n) is 3.76. The molecule has 6 heteroatoms. The van der Waals surface area contributed by atoms with E-state index < -0.39 is 6.29 Å². The molecule has 0 aliphatic rings. The molecule has 6 nitrogen and oxygen atoms in total. The lowest BCUT2D eigenvalue weighted by Gasteiger charge is -2.13. The molecule has 0 bridgehead atoms. The monoisotopic (exact) mass is 279 g/mol. The average Bonchev–Trinajstić information content (AvgIpc) is 2.91. The van der Waals surface area contributed by atoms with Crippen LogP contribution in [0, 0.1) is 0 Å². The van der Waals surface area contributed by atoms with Crippen molar-refractivity contribution in [3.8, 4) is 0 Å². The normalized spacial score (nSPS) is 11.2. The van der Waals surface area contributed by atoms with Crippen LogP contribution in [0.5, 0.6) is 0 Å². The molecule has 0 atom stereocenters. The standard InChI is InChI=1S/C14H21N3O3/c1-5-8-9-12(4)20-11-17-10-13(15-16-17)14(18-6-2)19-7-3/h5,8-10,14H,1,4,6-7,11H2,2-3H3/b9-8-. The van der Waals surface area contributed by atoms with E-state index in [1.807, 2.05) is 13.8 Å². The third-order valence-electron chi connectivity index (χ3n) is 2.23. The van der Waals surface area contributed by atoms with Crippen molar-refractivity contribution < 1.29 is 14.2 Å². The first-order valence-electron chi connectivity index (χ1n) is 6.45. The molecule has 1 rings (SSSR count). The first-order valence-corrected chi connectivity index (χ1v) is 6.45. The van der Waals surface area contributed by atoms with Gasteiger partial charge in [-0.1, -0.05) is 30.5 Å². The second kappa shape index (κ2) is 9.06. The number of hydrogen-bond donors (Lipinski definition) is 0. The van der Waals surface area contributed by atoms with Crippen molar-refractivity contribution in [1.82, 2.24) is 15.0 Å². The minimum atomic E-state index is -0.498. The van der Waals surface area contributed by atoms with Crippen molar-refractivity contribution in [2.45, 2.75) is 26.9 Å². The van der Waals surface area contributed by atoms with E-state index >= 15 is 0 Å². The van der Waals surface area contributed by atoms with Crippen LogP contribution < -0.4 is 0 Å². The van der Waals surface area contributed by atoms with Gasteiger partial charge in [-0.25, -0.2) is 4.68 Å². The van der Waals surface area contributed by atoms with Gasteiger partial charge in [0.2, 0.25) is 6.29 Å². The van der Waals surface area contributed by atoms with Crippen LogP contribution in [-0.2, 0) is 20.9 Å². The molecular weight excluding hydrogens is 258 g/mol. The molecule has 0 saturated heterocycles. The van der Waals surface area contributed by atoms with Crippen LogP contribution in [0.4, 0.5) is 0 Å². The molecule has 1 aromatic rings. The summed E-state index contributed by atoms with van der Waals surface area (Å²) in [6.07, 6.45) is 6.34. The van der Waals surface area contributed by atoms with Crippen LogP contribution in [-0.4, -0.2) is 28.2 Å². The molecule has 0 amide bonds. The van der Waals surface area contributed by atoms with Crippen LogP contribution in [0.3, 0.4) is 0 Å². The molecule has 0 aliphatic carbocycles. The van der Waals surface area contributed by atoms with E-state index in [1.165, 1.54) is 0 Å². The van der Waals surface area contributed by atoms with E-state index in [-0.39, 0.29) is 6.73 Å². The van der Waals surface area contributed by atoms with Crippen molar-refractivity contribution in [3.05, 3.63) is 49.0 Å². The van der Waals surface area contributed by atoms with Crippen molar-refractivity contribution >= 4 is 0 Å². The van der Waals surface area contributed by atoms with Gasteiger partial charge >= 0.3 is 0 Å². The highest BCUT2D eigenvalue weighted by atomic mass is 16.7. The van der Waals surface area contributed by atoms with Gasteiger partial charge in [-0.2, -0.15) is 0 Å². The summed E-state index contributed by atoms with van der Waals surface area (Å²) in [6, 6.07) is 0. The van der Waals surface area contributed by atoms with E-state index in [2.05, 4.69) is 23.5 Å². The zero-order valence-corrected chi connectivity index (χ0v) is 12.0. The van der Waals surface area contributed by atoms with E-state index in [9.17, 15) is 0 Å². The lowest BCUT2D eigenvalue weighted by atomic mass is 10.4. The molecular formula is C14H21N3O3. The van der Waals surface area contributed by atoms with Crippen molar-refractivity contribution in [1.29, 1.82) is 0 Å². The predicted octanol–water partition coefficient (Wildman–Crippen LogP) is 2.58. The average molecular weight is 279 g/mol. The molecule has 0 unspecified atom stereocenters. The molecule has 1 heterocycles. The first-order chi connectivity index (χ1) is 9.71. The van der Waals surface area contributed by atoms with Crippen LogP contribution in [0.25, 0.3) is 0 Å². The Balaban J connectivity index is 2.55. The fourth-order valence-corrected chi connectivity index (χ4v) is 1.38. The van der Waals surface area contributed by atoms with Gasteiger partial charge < -0.3 is 14.2 Å². The summed E-state index contributed by atoms with van der Waals surface area (Å²) in [6.45, 7) is 12.4. The van der Waals surface area contributed by atoms with Gasteiger partial charge in [-0.05, 0) is 19.9 Å². The van der Waals surface area contributed by atoms with Crippen LogP contribution in [0.2, 0.25) is 0 Å². The first kappa shape index (κ1) is 16.1. The van der Waals surface area contributed by atoms with E-state index in [1.54, 1.807) is 29.1 Å². The van der Waals surface area contributed by atoms with Crippen molar-refractivity contribution in [2.75, 3.05) is 13.2 Å². The lowest BCUT2D eigenvalue weighted by Crippen LogP contribution is -2.09. The fraction of sp³-hybridized carbons (Fsp3) is 0.429. The number of ether oxygens (including phenoxy) is 3. The highest BCUT2D eigenvalue weighted by Crippen LogP contribution is 2.15. The maximum atomic E-state index is 5.44. The molecule has 20 heavy (non-hydrogen) atoms. The summed E-state index contributed by atoms with van der Waals surface area (Å²) in [4.78, 5) is 0. The van der Waals surface area contributed by atoms with Crippen molar-refractivity contribution in [3.63, 3.8) is 0 Å². The third kappa shape index (κ3) is 5.38. The summed E-state index contributed by atoms with van der Waals surface area (Å²) >= 11 is 0. The van der Waals surface area contributed by atoms with Gasteiger partial charge in [-0.15, -0.1) is 5.10 Å². The van der Waals surface area contributed by atoms with Crippen molar-refractivity contribution in [2.24, 2.45) is 0 Å². The van der Waals surface area contributed by atoms with Crippen LogP contribution in [0.15, 0.2) is 43.3 Å². The van der Waals surface area contributed by atoms with Crippen LogP contribution in [0.1, 0.15) is 25.8 Å². The number of allylic oxidation sites excluding steroid dienone is 3. The highest BCUT2D eigenvalue weighted by Gasteiger charge is 2.15. The molecule has 1 aromatic heterocycles. The topological polar surface area (TPSA) is 58.4 Å². The van der Waals surface area contributed by atoms with Gasteiger partial charge in [-0.3, -0.25) is 0 Å². The van der Waals surface area contributed by atoms with Gasteiger partial charge in [0.1, 0.15) is 11.5 Å². The SMILES string of the molecule is C=C/C=C\C(=C)OCn1cc(C(OCC)OCC)nn1. The Bertz CT molecular complexity index is 448. The molecule has 0 radical (unpaired) electrons. The molecule has 0 fully saturated rings. The molecule has 0 aliphatic heterocycles. The predicted molar refractivity (Wildman–Crippen MR) is 75.6 cm³/mol. The zero-order valence-electron chi connectivity index (χ0n) is 12.0. The maximum Gasteiger partial charge on any atom is 0.204 e. The Morgan fingerprint density at radius 2 is 2.10 bits per heavy atom. The van der Waals surface area contributed by atoms with Crippen LogP contribution >= 0.6 is 0 Å².